The van der Waals surface area contributed by atoms with E-state index in [0.29, 0.717) is 13.1 Å². The topological polar surface area (TPSA) is 64.9 Å². The van der Waals surface area contributed by atoms with Gasteiger partial charge in [0.1, 0.15) is 0 Å². The van der Waals surface area contributed by atoms with Crippen molar-refractivity contribution in [3.05, 3.63) is 0 Å². The number of nitrogens with zero attached hydrogens (tertiary/aromatic N) is 1. The van der Waals surface area contributed by atoms with Crippen molar-refractivity contribution in [1.82, 2.24) is 10.6 Å². The van der Waals surface area contributed by atoms with Crippen LogP contribution in [0.4, 0.5) is 0 Å². The predicted octanol–water partition coefficient (Wildman–Crippen LogP) is 0.794. The molecule has 1 fully saturated rings. The Morgan fingerprint density at radius 2 is 2.20 bits per heavy atom. The normalized spacial score (nSPS) is 25.6. The Morgan fingerprint density at radius 1 is 1.47 bits per heavy atom. The van der Waals surface area contributed by atoms with Crippen LogP contribution in [0.1, 0.15) is 32.6 Å². The molecule has 0 bridgehead atoms. The van der Waals surface area contributed by atoms with Gasteiger partial charge in [0.25, 0.3) is 0 Å². The molecule has 0 aromatic carbocycles. The molecule has 1 aliphatic carbocycles. The number of carbonyl (C=O) groups is 1. The number of nitriles is 1. The Morgan fingerprint density at radius 3 is 2.87 bits per heavy atom. The molecule has 2 N–H and O–H groups in total. The smallest absolute Gasteiger partial charge is 0.233 e. The highest BCUT2D eigenvalue weighted by molar-refractivity contribution is 5.77. The van der Waals surface area contributed by atoms with Gasteiger partial charge >= 0.3 is 0 Å². The fourth-order valence-corrected chi connectivity index (χ4v) is 2.01. The first-order valence-corrected chi connectivity index (χ1v) is 5.67. The number of carbonyl (C=O) groups excluding carboxylic acids is 1. The zero-order chi connectivity index (χ0) is 11.1. The molecule has 0 saturated heterocycles. The number of nitrogens with one attached hydrogen (secondary N) is 2. The van der Waals surface area contributed by atoms with Crippen LogP contribution in [0.15, 0.2) is 0 Å². The van der Waals surface area contributed by atoms with Crippen molar-refractivity contribution < 1.29 is 4.79 Å². The molecule has 0 aromatic rings. The second kappa shape index (κ2) is 6.41. The summed E-state index contributed by atoms with van der Waals surface area (Å²) in [6, 6.07) is 2.52. The fraction of sp³-hybridized carbons (Fsp3) is 0.818. The summed E-state index contributed by atoms with van der Waals surface area (Å²) in [5.41, 5.74) is 0. The van der Waals surface area contributed by atoms with Gasteiger partial charge in [-0.3, -0.25) is 4.79 Å². The van der Waals surface area contributed by atoms with Crippen LogP contribution in [-0.4, -0.2) is 25.0 Å². The molecule has 0 radical (unpaired) electrons. The molecule has 0 spiro atoms. The van der Waals surface area contributed by atoms with Crippen molar-refractivity contribution in [3.8, 4) is 6.07 Å². The Labute approximate surface area is 91.0 Å². The first kappa shape index (κ1) is 12.0. The summed E-state index contributed by atoms with van der Waals surface area (Å²) in [4.78, 5) is 11.2. The summed E-state index contributed by atoms with van der Waals surface area (Å²) < 4.78 is 0. The molecule has 4 heteroatoms. The van der Waals surface area contributed by atoms with E-state index in [1.54, 1.807) is 0 Å². The van der Waals surface area contributed by atoms with Gasteiger partial charge in [-0.1, -0.05) is 12.8 Å². The molecule has 15 heavy (non-hydrogen) atoms. The van der Waals surface area contributed by atoms with Gasteiger partial charge in [-0.05, 0) is 19.8 Å². The lowest BCUT2D eigenvalue weighted by atomic mass is 9.85. The highest BCUT2D eigenvalue weighted by Gasteiger charge is 2.24. The van der Waals surface area contributed by atoms with Gasteiger partial charge in [0.2, 0.25) is 5.91 Å². The first-order chi connectivity index (χ1) is 7.27. The minimum atomic E-state index is 0.0137. The van der Waals surface area contributed by atoms with Gasteiger partial charge in [0.15, 0.2) is 0 Å². The van der Waals surface area contributed by atoms with E-state index >= 15 is 0 Å². The highest BCUT2D eigenvalue weighted by atomic mass is 16.1. The van der Waals surface area contributed by atoms with Crippen LogP contribution in [0.25, 0.3) is 0 Å². The average Bonchev–Trinajstić information content (AvgIpc) is 2.27. The van der Waals surface area contributed by atoms with Gasteiger partial charge in [-0.15, -0.1) is 0 Å². The first-order valence-electron chi connectivity index (χ1n) is 5.67. The third kappa shape index (κ3) is 3.88. The maximum absolute atomic E-state index is 11.2. The molecular weight excluding hydrogens is 190 g/mol. The minimum absolute atomic E-state index is 0.0137. The van der Waals surface area contributed by atoms with Crippen molar-refractivity contribution >= 4 is 5.91 Å². The molecule has 0 aromatic heterocycles. The molecule has 1 amide bonds. The number of hydrogen-bond donors (Lipinski definition) is 2. The quantitative estimate of drug-likeness (QED) is 0.719. The van der Waals surface area contributed by atoms with Crippen molar-refractivity contribution in [2.24, 2.45) is 5.92 Å². The molecule has 0 heterocycles. The summed E-state index contributed by atoms with van der Waals surface area (Å²) in [5, 5.41) is 14.8. The Kier molecular flexibility index (Phi) is 5.13. The van der Waals surface area contributed by atoms with E-state index in [-0.39, 0.29) is 17.9 Å². The van der Waals surface area contributed by atoms with Gasteiger partial charge in [0.05, 0.1) is 18.5 Å². The second-order valence-electron chi connectivity index (χ2n) is 3.96. The van der Waals surface area contributed by atoms with Crippen LogP contribution in [0.3, 0.4) is 0 Å². The molecule has 4 nitrogen and oxygen atoms in total. The zero-order valence-electron chi connectivity index (χ0n) is 9.25. The summed E-state index contributed by atoms with van der Waals surface area (Å²) in [5.74, 6) is 0.0907. The Hall–Kier alpha value is -1.08. The predicted molar refractivity (Wildman–Crippen MR) is 58.0 cm³/mol. The molecule has 84 valence electrons. The third-order valence-corrected chi connectivity index (χ3v) is 2.83. The number of amides is 1. The van der Waals surface area contributed by atoms with Crippen LogP contribution in [0, 0.1) is 17.2 Å². The van der Waals surface area contributed by atoms with Crippen LogP contribution >= 0.6 is 0 Å². The Bertz CT molecular complexity index is 247. The Balaban J connectivity index is 2.30. The molecule has 2 atom stereocenters. The van der Waals surface area contributed by atoms with Gasteiger partial charge in [-0.25, -0.2) is 0 Å². The molecule has 1 aliphatic rings. The van der Waals surface area contributed by atoms with Crippen LogP contribution in [-0.2, 0) is 4.79 Å². The molecule has 0 aliphatic heterocycles. The van der Waals surface area contributed by atoms with E-state index in [2.05, 4.69) is 16.7 Å². The second-order valence-corrected chi connectivity index (χ2v) is 3.96. The van der Waals surface area contributed by atoms with Crippen LogP contribution in [0.5, 0.6) is 0 Å². The molecule has 2 unspecified atom stereocenters. The fourth-order valence-electron chi connectivity index (χ4n) is 2.01. The van der Waals surface area contributed by atoms with Crippen molar-refractivity contribution in [2.45, 2.75) is 38.6 Å². The van der Waals surface area contributed by atoms with E-state index in [9.17, 15) is 4.79 Å². The average molecular weight is 209 g/mol. The lowest BCUT2D eigenvalue weighted by Crippen LogP contribution is -2.43. The van der Waals surface area contributed by atoms with Crippen LogP contribution in [0.2, 0.25) is 0 Å². The largest absolute Gasteiger partial charge is 0.355 e. The SMILES string of the molecule is CCNC(=O)CNC1CCCCC1C#N. The molecular formula is C11H19N3O. The summed E-state index contributed by atoms with van der Waals surface area (Å²) in [6.45, 7) is 2.89. The molecule has 1 saturated carbocycles. The van der Waals surface area contributed by atoms with Gasteiger partial charge < -0.3 is 10.6 Å². The maximum Gasteiger partial charge on any atom is 0.233 e. The van der Waals surface area contributed by atoms with Crippen molar-refractivity contribution in [1.29, 1.82) is 5.26 Å². The number of rotatable bonds is 4. The zero-order valence-corrected chi connectivity index (χ0v) is 9.25. The van der Waals surface area contributed by atoms with E-state index < -0.39 is 0 Å². The maximum atomic E-state index is 11.2. The minimum Gasteiger partial charge on any atom is -0.355 e. The van der Waals surface area contributed by atoms with Crippen LogP contribution < -0.4 is 10.6 Å². The van der Waals surface area contributed by atoms with E-state index in [1.807, 2.05) is 6.92 Å². The van der Waals surface area contributed by atoms with Crippen molar-refractivity contribution in [2.75, 3.05) is 13.1 Å². The van der Waals surface area contributed by atoms with E-state index in [4.69, 9.17) is 5.26 Å². The summed E-state index contributed by atoms with van der Waals surface area (Å²) >= 11 is 0. The van der Waals surface area contributed by atoms with Gasteiger partial charge in [-0.2, -0.15) is 5.26 Å². The van der Waals surface area contributed by atoms with Gasteiger partial charge in [0, 0.05) is 12.6 Å². The van der Waals surface area contributed by atoms with Crippen molar-refractivity contribution in [3.63, 3.8) is 0 Å². The van der Waals surface area contributed by atoms with E-state index in [0.717, 1.165) is 25.7 Å². The number of hydrogen-bond acceptors (Lipinski definition) is 3. The lowest BCUT2D eigenvalue weighted by molar-refractivity contribution is -0.120. The summed E-state index contributed by atoms with van der Waals surface area (Å²) in [7, 11) is 0. The number of likely N-dealkylation sites (N-methyl/N-ethyl adjacent to an activating group) is 1. The van der Waals surface area contributed by atoms with E-state index in [1.165, 1.54) is 0 Å². The standard InChI is InChI=1S/C11H19N3O/c1-2-13-11(15)8-14-10-6-4-3-5-9(10)7-12/h9-10,14H,2-6,8H2,1H3,(H,13,15). The molecule has 1 rings (SSSR count). The third-order valence-electron chi connectivity index (χ3n) is 2.83. The summed E-state index contributed by atoms with van der Waals surface area (Å²) in [6.07, 6.45) is 4.27. The highest BCUT2D eigenvalue weighted by Crippen LogP contribution is 2.23. The lowest BCUT2D eigenvalue weighted by Gasteiger charge is -2.27. The monoisotopic (exact) mass is 209 g/mol.